The molecule has 89 heavy (non-hydrogen) atoms. The highest BCUT2D eigenvalue weighted by molar-refractivity contribution is 5.95. The molecule has 0 radical (unpaired) electrons. The first-order valence-electron chi connectivity index (χ1n) is 27.4. The zero-order valence-corrected chi connectivity index (χ0v) is 48.7. The van der Waals surface area contributed by atoms with Gasteiger partial charge < -0.3 is 59.8 Å². The standard InChI is InChI=1S/C25H23FN2O6.C21H19FN2O4.C19H20N2O6/c1-16(29)33-22(24(31)27-13-5-6-18-9-11-21(26)12-10-18)23(34-17(2)30)25(32)28-14-19-7-3-4-8-20(19)15-28;22-17-9-7-14(8-10-17)4-3-11-23-20(27)18(25)19(26)21(28)24-12-15-5-1-2-6-16(15)13-24;1-4-9-20-18(24)16(26-12(2)22)17(27-13(3)23)19(25)21-10-14-7-5-6-8-15(14)11-21/h3-4,7-12,22-23H,13-15H2,1-2H3,(H,27,31);1-2,5-10,18-19,25-26H,11-13H2,(H,23,27);1,5-8,16-17H,9-11H2,2-3H3,(H,20,24)/t22-,23-;18-,19-;16-,17-/m111/s1. The van der Waals surface area contributed by atoms with Crippen molar-refractivity contribution < 1.29 is 85.9 Å². The Hall–Kier alpha value is -10.7. The topological polar surface area (TPSA) is 294 Å². The summed E-state index contributed by atoms with van der Waals surface area (Å²) in [5, 5.41) is 27.2. The first kappa shape index (κ1) is 67.4. The molecule has 0 aliphatic carbocycles. The zero-order valence-electron chi connectivity index (χ0n) is 48.7. The maximum absolute atomic E-state index is 13.2. The molecule has 5 N–H and O–H groups in total. The molecular weight excluding hydrogens is 1160 g/mol. The predicted octanol–water partition coefficient (Wildman–Crippen LogP) is 2.40. The van der Waals surface area contributed by atoms with Gasteiger partial charge in [0.25, 0.3) is 35.4 Å². The number of hydrogen-bond donors (Lipinski definition) is 5. The quantitative estimate of drug-likeness (QED) is 0.0539. The van der Waals surface area contributed by atoms with Crippen molar-refractivity contribution in [3.8, 4) is 36.0 Å². The SMILES string of the molecule is C#CCNC(=O)[C@H](OC(C)=O)[C@@H](OC(C)=O)C(=O)N1Cc2ccccc2C1.CC(=O)O[C@@H](C(=O)NCC#Cc1ccc(F)cc1)[C@@H](OC(C)=O)C(=O)N1Cc2ccccc2C1.O=C(NCC#Cc1ccc(F)cc1)[C@H](O)[C@@H](O)C(=O)N1Cc2ccccc2C1. The number of carbonyl (C=O) groups is 10. The van der Waals surface area contributed by atoms with Crippen LogP contribution in [0.4, 0.5) is 8.78 Å². The van der Waals surface area contributed by atoms with Gasteiger partial charge in [-0.25, -0.2) is 8.78 Å². The van der Waals surface area contributed by atoms with Gasteiger partial charge in [-0.2, -0.15) is 0 Å². The van der Waals surface area contributed by atoms with Crippen molar-refractivity contribution >= 4 is 59.3 Å². The van der Waals surface area contributed by atoms with Gasteiger partial charge in [0.05, 0.1) is 19.6 Å². The molecule has 462 valence electrons. The molecule has 0 unspecified atom stereocenters. The number of benzene rings is 5. The van der Waals surface area contributed by atoms with Crippen LogP contribution < -0.4 is 16.0 Å². The van der Waals surface area contributed by atoms with Gasteiger partial charge in [0.2, 0.25) is 24.4 Å². The van der Waals surface area contributed by atoms with Gasteiger partial charge in [0.1, 0.15) is 11.6 Å². The Labute approximate surface area is 510 Å². The van der Waals surface area contributed by atoms with Gasteiger partial charge in [-0.3, -0.25) is 47.9 Å². The van der Waals surface area contributed by atoms with E-state index in [2.05, 4.69) is 45.6 Å². The van der Waals surface area contributed by atoms with Crippen LogP contribution in [0, 0.1) is 47.7 Å². The summed E-state index contributed by atoms with van der Waals surface area (Å²) in [6.45, 7) is 5.76. The van der Waals surface area contributed by atoms with E-state index in [-0.39, 0.29) is 38.5 Å². The van der Waals surface area contributed by atoms with E-state index < -0.39 is 102 Å². The average Bonchev–Trinajstić information content (AvgIpc) is 1.86. The second-order valence-electron chi connectivity index (χ2n) is 19.9. The monoisotopic (exact) mass is 1220 g/mol. The molecule has 0 spiro atoms. The smallest absolute Gasteiger partial charge is 0.303 e. The van der Waals surface area contributed by atoms with E-state index in [0.29, 0.717) is 37.3 Å². The van der Waals surface area contributed by atoms with Gasteiger partial charge in [-0.1, -0.05) is 102 Å². The van der Waals surface area contributed by atoms with Crippen molar-refractivity contribution in [2.24, 2.45) is 0 Å². The molecule has 5 aromatic rings. The zero-order chi connectivity index (χ0) is 64.7. The number of terminal acetylenes is 1. The third-order valence-corrected chi connectivity index (χ3v) is 13.2. The fraction of sp³-hybridized carbons (Fsp3) is 0.292. The van der Waals surface area contributed by atoms with Crippen LogP contribution in [0.2, 0.25) is 0 Å². The number of aliphatic hydroxyl groups excluding tert-OH is 2. The fourth-order valence-electron chi connectivity index (χ4n) is 9.06. The molecule has 5 aromatic carbocycles. The fourth-order valence-corrected chi connectivity index (χ4v) is 9.06. The van der Waals surface area contributed by atoms with Crippen LogP contribution in [-0.2, 0) is 106 Å². The summed E-state index contributed by atoms with van der Waals surface area (Å²) < 4.78 is 46.1. The highest BCUT2D eigenvalue weighted by atomic mass is 19.1. The first-order chi connectivity index (χ1) is 42.5. The number of hydrogen-bond acceptors (Lipinski definition) is 16. The Morgan fingerprint density at radius 3 is 1.01 bits per heavy atom. The van der Waals surface area contributed by atoms with Crippen molar-refractivity contribution in [2.45, 2.75) is 104 Å². The summed E-state index contributed by atoms with van der Waals surface area (Å²) >= 11 is 0. The van der Waals surface area contributed by atoms with Crippen LogP contribution in [0.5, 0.6) is 0 Å². The Kier molecular flexibility index (Phi) is 24.7. The van der Waals surface area contributed by atoms with Crippen molar-refractivity contribution in [1.29, 1.82) is 0 Å². The molecule has 22 nitrogen and oxygen atoms in total. The van der Waals surface area contributed by atoms with E-state index in [1.165, 1.54) is 63.2 Å². The Balaban J connectivity index is 0.000000215. The van der Waals surface area contributed by atoms with Crippen LogP contribution in [-0.4, -0.2) is 140 Å². The maximum Gasteiger partial charge on any atom is 0.303 e. The van der Waals surface area contributed by atoms with Crippen molar-refractivity contribution in [1.82, 2.24) is 30.7 Å². The Bertz CT molecular complexity index is 3550. The molecule has 0 fully saturated rings. The van der Waals surface area contributed by atoms with Gasteiger partial charge >= 0.3 is 23.9 Å². The molecule has 6 atom stereocenters. The van der Waals surface area contributed by atoms with Crippen LogP contribution in [0.1, 0.15) is 72.2 Å². The molecule has 8 rings (SSSR count). The second-order valence-corrected chi connectivity index (χ2v) is 19.9. The Morgan fingerprint density at radius 1 is 0.427 bits per heavy atom. The summed E-state index contributed by atoms with van der Waals surface area (Å²) in [6, 6.07) is 33.4. The number of ether oxygens (including phenoxy) is 4. The molecule has 3 aliphatic heterocycles. The van der Waals surface area contributed by atoms with E-state index >= 15 is 0 Å². The minimum absolute atomic E-state index is 0.0939. The third kappa shape index (κ3) is 19.9. The van der Waals surface area contributed by atoms with Crippen molar-refractivity contribution in [3.05, 3.63) is 177 Å². The minimum Gasteiger partial charge on any atom is -0.448 e. The number of amides is 6. The molecule has 0 aromatic heterocycles. The first-order valence-corrected chi connectivity index (χ1v) is 27.4. The highest BCUT2D eigenvalue weighted by Gasteiger charge is 2.44. The summed E-state index contributed by atoms with van der Waals surface area (Å²) in [7, 11) is 0. The minimum atomic E-state index is -1.90. The molecule has 24 heteroatoms. The summed E-state index contributed by atoms with van der Waals surface area (Å²) in [5.41, 5.74) is 6.82. The van der Waals surface area contributed by atoms with Crippen LogP contribution >= 0.6 is 0 Å². The molecule has 6 amide bonds. The highest BCUT2D eigenvalue weighted by Crippen LogP contribution is 2.27. The summed E-state index contributed by atoms with van der Waals surface area (Å²) in [5.74, 6) is 4.45. The van der Waals surface area contributed by atoms with Crippen LogP contribution in [0.25, 0.3) is 0 Å². The number of fused-ring (bicyclic) bond motifs is 3. The van der Waals surface area contributed by atoms with E-state index in [4.69, 9.17) is 25.4 Å². The molecule has 3 aliphatic rings. The number of halogens is 2. The van der Waals surface area contributed by atoms with Crippen molar-refractivity contribution in [2.75, 3.05) is 19.6 Å². The lowest BCUT2D eigenvalue weighted by Crippen LogP contribution is -2.53. The molecule has 0 saturated heterocycles. The average molecular weight is 1220 g/mol. The van der Waals surface area contributed by atoms with Crippen molar-refractivity contribution in [3.63, 3.8) is 0 Å². The molecule has 0 saturated carbocycles. The number of nitrogens with zero attached hydrogens (tertiary/aromatic N) is 3. The predicted molar refractivity (Wildman–Crippen MR) is 311 cm³/mol. The third-order valence-electron chi connectivity index (χ3n) is 13.2. The lowest BCUT2D eigenvalue weighted by molar-refractivity contribution is -0.178. The number of rotatable bonds is 16. The number of nitrogens with one attached hydrogen (secondary N) is 3. The Morgan fingerprint density at radius 2 is 0.708 bits per heavy atom. The largest absolute Gasteiger partial charge is 0.448 e. The number of carbonyl (C=O) groups excluding carboxylic acids is 10. The molecular formula is C65H62F2N6O16. The normalized spacial score (nSPS) is 14.1. The van der Waals surface area contributed by atoms with Gasteiger partial charge in [0.15, 0.2) is 12.2 Å². The maximum atomic E-state index is 13.2. The molecule has 3 heterocycles. The van der Waals surface area contributed by atoms with Gasteiger partial charge in [-0.05, 0) is 81.9 Å². The lowest BCUT2D eigenvalue weighted by atomic mass is 10.1. The van der Waals surface area contributed by atoms with Gasteiger partial charge in [0, 0.05) is 78.1 Å². The van der Waals surface area contributed by atoms with E-state index in [1.807, 2.05) is 72.8 Å². The van der Waals surface area contributed by atoms with Crippen LogP contribution in [0.15, 0.2) is 121 Å². The van der Waals surface area contributed by atoms with E-state index in [0.717, 1.165) is 61.1 Å². The second kappa shape index (κ2) is 32.7. The summed E-state index contributed by atoms with van der Waals surface area (Å²) in [4.78, 5) is 126. The number of esters is 4. The van der Waals surface area contributed by atoms with E-state index in [9.17, 15) is 66.9 Å². The van der Waals surface area contributed by atoms with Gasteiger partial charge in [-0.15, -0.1) is 6.42 Å². The molecule has 0 bridgehead atoms. The summed E-state index contributed by atoms with van der Waals surface area (Å²) in [6.07, 6.45) is -5.28. The van der Waals surface area contributed by atoms with Crippen LogP contribution in [0.3, 0.4) is 0 Å². The number of aliphatic hydroxyl groups is 2. The van der Waals surface area contributed by atoms with E-state index in [1.54, 1.807) is 0 Å². The lowest BCUT2D eigenvalue weighted by Gasteiger charge is -2.28.